The summed E-state index contributed by atoms with van der Waals surface area (Å²) in [5.74, 6) is -0.765. The first-order valence-corrected chi connectivity index (χ1v) is 10.1. The highest BCUT2D eigenvalue weighted by molar-refractivity contribution is 5.70. The molecular weight excluding hydrogens is 326 g/mol. The van der Waals surface area contributed by atoms with Crippen LogP contribution >= 0.6 is 0 Å². The third-order valence-electron chi connectivity index (χ3n) is 6.08. The van der Waals surface area contributed by atoms with Gasteiger partial charge in [-0.2, -0.15) is 0 Å². The lowest BCUT2D eigenvalue weighted by Gasteiger charge is -2.34. The van der Waals surface area contributed by atoms with Crippen molar-refractivity contribution in [2.45, 2.75) is 51.7 Å². The molecule has 1 aliphatic carbocycles. The average Bonchev–Trinajstić information content (AvgIpc) is 2.68. The van der Waals surface area contributed by atoms with Crippen molar-refractivity contribution in [2.24, 2.45) is 5.92 Å². The zero-order valence-corrected chi connectivity index (χ0v) is 16.0. The number of nitrogens with one attached hydrogen (secondary N) is 1. The molecule has 1 heterocycles. The summed E-state index contributed by atoms with van der Waals surface area (Å²) in [6.07, 6.45) is 3.54. The molecule has 0 spiro atoms. The number of hydrogen-bond acceptors (Lipinski definition) is 4. The number of carboxylic acids is 1. The number of piperazine rings is 1. The van der Waals surface area contributed by atoms with E-state index in [2.05, 4.69) is 46.3 Å². The molecule has 2 aliphatic rings. The second-order valence-electron chi connectivity index (χ2n) is 7.75. The molecule has 0 radical (unpaired) electrons. The first-order chi connectivity index (χ1) is 12.7. The van der Waals surface area contributed by atoms with Crippen LogP contribution in [-0.2, 0) is 17.9 Å². The van der Waals surface area contributed by atoms with E-state index in [9.17, 15) is 4.79 Å². The van der Waals surface area contributed by atoms with Gasteiger partial charge in [-0.25, -0.2) is 0 Å². The fourth-order valence-corrected chi connectivity index (χ4v) is 4.19. The summed E-state index contributed by atoms with van der Waals surface area (Å²) in [5, 5.41) is 12.8. The topological polar surface area (TPSA) is 55.8 Å². The normalized spacial score (nSPS) is 25.3. The summed E-state index contributed by atoms with van der Waals surface area (Å²) in [7, 11) is 0. The molecule has 0 bridgehead atoms. The largest absolute Gasteiger partial charge is 0.481 e. The molecule has 2 fully saturated rings. The molecule has 0 unspecified atom stereocenters. The van der Waals surface area contributed by atoms with E-state index in [4.69, 9.17) is 5.11 Å². The quantitative estimate of drug-likeness (QED) is 0.784. The van der Waals surface area contributed by atoms with Crippen molar-refractivity contribution < 1.29 is 9.90 Å². The first kappa shape index (κ1) is 19.3. The minimum Gasteiger partial charge on any atom is -0.481 e. The van der Waals surface area contributed by atoms with Gasteiger partial charge >= 0.3 is 5.97 Å². The van der Waals surface area contributed by atoms with Gasteiger partial charge < -0.3 is 15.3 Å². The molecular formula is C21H33N3O2. The average molecular weight is 360 g/mol. The van der Waals surface area contributed by atoms with Crippen molar-refractivity contribution in [2.75, 3.05) is 32.7 Å². The predicted octanol–water partition coefficient (Wildman–Crippen LogP) is 2.56. The van der Waals surface area contributed by atoms with Gasteiger partial charge in [-0.1, -0.05) is 31.2 Å². The standard InChI is InChI=1S/C21H33N3O2/c1-2-23-11-13-24(14-12-23)16-19-6-4-3-5-18(19)15-22-20-9-7-17(8-10-20)21(25)26/h3-6,17,20,22H,2,7-16H2,1H3,(H,25,26). The van der Waals surface area contributed by atoms with Crippen LogP contribution in [0.3, 0.4) is 0 Å². The molecule has 144 valence electrons. The summed E-state index contributed by atoms with van der Waals surface area (Å²) < 4.78 is 0. The summed E-state index contributed by atoms with van der Waals surface area (Å²) >= 11 is 0. The highest BCUT2D eigenvalue weighted by Gasteiger charge is 2.25. The minimum absolute atomic E-state index is 0.137. The lowest BCUT2D eigenvalue weighted by Crippen LogP contribution is -2.45. The van der Waals surface area contributed by atoms with E-state index in [0.717, 1.165) is 58.4 Å². The van der Waals surface area contributed by atoms with Crippen molar-refractivity contribution in [1.82, 2.24) is 15.1 Å². The molecule has 2 N–H and O–H groups in total. The van der Waals surface area contributed by atoms with Crippen LogP contribution in [0.2, 0.25) is 0 Å². The Morgan fingerprint density at radius 2 is 1.65 bits per heavy atom. The van der Waals surface area contributed by atoms with Crippen molar-refractivity contribution in [3.63, 3.8) is 0 Å². The molecule has 26 heavy (non-hydrogen) atoms. The number of aliphatic carboxylic acids is 1. The van der Waals surface area contributed by atoms with Gasteiger partial charge in [-0.3, -0.25) is 9.69 Å². The molecule has 1 aromatic carbocycles. The summed E-state index contributed by atoms with van der Waals surface area (Å²) in [5.41, 5.74) is 2.80. The SMILES string of the molecule is CCN1CCN(Cc2ccccc2CNC2CCC(C(=O)O)CC2)CC1. The third kappa shape index (κ3) is 5.29. The van der Waals surface area contributed by atoms with Gasteiger partial charge in [0.05, 0.1) is 5.92 Å². The van der Waals surface area contributed by atoms with Crippen LogP contribution in [0.4, 0.5) is 0 Å². The molecule has 1 saturated heterocycles. The van der Waals surface area contributed by atoms with E-state index in [0.29, 0.717) is 6.04 Å². The molecule has 5 heteroatoms. The van der Waals surface area contributed by atoms with Gasteiger partial charge in [-0.15, -0.1) is 0 Å². The zero-order chi connectivity index (χ0) is 18.4. The van der Waals surface area contributed by atoms with Crippen LogP contribution in [0.25, 0.3) is 0 Å². The highest BCUT2D eigenvalue weighted by atomic mass is 16.4. The molecule has 1 aliphatic heterocycles. The first-order valence-electron chi connectivity index (χ1n) is 10.1. The summed E-state index contributed by atoms with van der Waals surface area (Å²) in [6, 6.07) is 9.19. The molecule has 3 rings (SSSR count). The number of likely N-dealkylation sites (N-methyl/N-ethyl adjacent to an activating group) is 1. The van der Waals surface area contributed by atoms with Gasteiger partial charge in [0.15, 0.2) is 0 Å². The number of carboxylic acid groups (broad SMARTS) is 1. The number of nitrogens with zero attached hydrogens (tertiary/aromatic N) is 2. The Morgan fingerprint density at radius 1 is 1.04 bits per heavy atom. The van der Waals surface area contributed by atoms with Crippen molar-refractivity contribution in [3.05, 3.63) is 35.4 Å². The van der Waals surface area contributed by atoms with Crippen molar-refractivity contribution >= 4 is 5.97 Å². The Morgan fingerprint density at radius 3 is 2.27 bits per heavy atom. The summed E-state index contributed by atoms with van der Waals surface area (Å²) in [4.78, 5) is 16.2. The van der Waals surface area contributed by atoms with Crippen molar-refractivity contribution in [1.29, 1.82) is 0 Å². The van der Waals surface area contributed by atoms with Crippen LogP contribution in [0.15, 0.2) is 24.3 Å². The minimum atomic E-state index is -0.628. The number of benzene rings is 1. The van der Waals surface area contributed by atoms with E-state index >= 15 is 0 Å². The van der Waals surface area contributed by atoms with E-state index < -0.39 is 5.97 Å². The maximum atomic E-state index is 11.1. The molecule has 0 aromatic heterocycles. The van der Waals surface area contributed by atoms with Gasteiger partial charge in [0.1, 0.15) is 0 Å². The zero-order valence-electron chi connectivity index (χ0n) is 16.0. The van der Waals surface area contributed by atoms with E-state index in [-0.39, 0.29) is 5.92 Å². The van der Waals surface area contributed by atoms with Crippen LogP contribution in [0.5, 0.6) is 0 Å². The molecule has 1 saturated carbocycles. The summed E-state index contributed by atoms with van der Waals surface area (Å²) in [6.45, 7) is 9.94. The van der Waals surface area contributed by atoms with Crippen LogP contribution in [-0.4, -0.2) is 59.6 Å². The second kappa shape index (κ2) is 9.49. The van der Waals surface area contributed by atoms with Gasteiger partial charge in [0, 0.05) is 45.3 Å². The number of carbonyl (C=O) groups is 1. The Hall–Kier alpha value is -1.43. The van der Waals surface area contributed by atoms with Gasteiger partial charge in [0.25, 0.3) is 0 Å². The second-order valence-corrected chi connectivity index (χ2v) is 7.75. The van der Waals surface area contributed by atoms with E-state index in [1.165, 1.54) is 24.2 Å². The molecule has 1 aromatic rings. The maximum absolute atomic E-state index is 11.1. The number of rotatable bonds is 7. The van der Waals surface area contributed by atoms with Crippen LogP contribution in [0, 0.1) is 5.92 Å². The van der Waals surface area contributed by atoms with E-state index in [1.54, 1.807) is 0 Å². The lowest BCUT2D eigenvalue weighted by molar-refractivity contribution is -0.142. The smallest absolute Gasteiger partial charge is 0.306 e. The Balaban J connectivity index is 1.49. The number of hydrogen-bond donors (Lipinski definition) is 2. The van der Waals surface area contributed by atoms with Crippen LogP contribution < -0.4 is 5.32 Å². The molecule has 5 nitrogen and oxygen atoms in total. The van der Waals surface area contributed by atoms with Gasteiger partial charge in [0.2, 0.25) is 0 Å². The van der Waals surface area contributed by atoms with Gasteiger partial charge in [-0.05, 0) is 43.4 Å². The van der Waals surface area contributed by atoms with Crippen LogP contribution in [0.1, 0.15) is 43.7 Å². The fourth-order valence-electron chi connectivity index (χ4n) is 4.19. The molecule has 0 amide bonds. The Bertz CT molecular complexity index is 576. The predicted molar refractivity (Wildman–Crippen MR) is 104 cm³/mol. The monoisotopic (exact) mass is 359 g/mol. The van der Waals surface area contributed by atoms with Crippen molar-refractivity contribution in [3.8, 4) is 0 Å². The Kier molecular flexibility index (Phi) is 7.06. The Labute approximate surface area is 157 Å². The molecule has 0 atom stereocenters. The lowest BCUT2D eigenvalue weighted by atomic mass is 9.86. The highest BCUT2D eigenvalue weighted by Crippen LogP contribution is 2.25. The maximum Gasteiger partial charge on any atom is 0.306 e. The fraction of sp³-hybridized carbons (Fsp3) is 0.667. The van der Waals surface area contributed by atoms with E-state index in [1.807, 2.05) is 0 Å². The third-order valence-corrected chi connectivity index (χ3v) is 6.08.